The Labute approximate surface area is 131 Å². The summed E-state index contributed by atoms with van der Waals surface area (Å²) >= 11 is 0. The van der Waals surface area contributed by atoms with Gasteiger partial charge in [0.1, 0.15) is 0 Å². The molecule has 2 rings (SSSR count). The number of hydrogen-bond donors (Lipinski definition) is 3. The van der Waals surface area contributed by atoms with Crippen LogP contribution in [0.5, 0.6) is 0 Å². The van der Waals surface area contributed by atoms with Gasteiger partial charge >= 0.3 is 0 Å². The van der Waals surface area contributed by atoms with Crippen LogP contribution in [0.15, 0.2) is 18.2 Å². The van der Waals surface area contributed by atoms with Gasteiger partial charge in [-0.2, -0.15) is 0 Å². The van der Waals surface area contributed by atoms with Crippen LogP contribution in [-0.2, 0) is 14.8 Å². The summed E-state index contributed by atoms with van der Waals surface area (Å²) in [6.45, 7) is 1.78. The molecule has 0 heterocycles. The third-order valence-corrected chi connectivity index (χ3v) is 4.43. The Bertz CT molecular complexity index is 664. The number of carbonyl (C=O) groups is 1. The SMILES string of the molecule is Cc1ccc(NC(=O)CC2(O)CCCC2)cc1NS(C)(=O)=O. The van der Waals surface area contributed by atoms with Crippen LogP contribution in [0, 0.1) is 6.92 Å². The van der Waals surface area contributed by atoms with E-state index in [2.05, 4.69) is 10.0 Å². The normalized spacial score (nSPS) is 17.2. The van der Waals surface area contributed by atoms with E-state index < -0.39 is 15.6 Å². The number of anilines is 2. The van der Waals surface area contributed by atoms with Crippen molar-refractivity contribution in [1.29, 1.82) is 0 Å². The number of aliphatic hydroxyl groups is 1. The lowest BCUT2D eigenvalue weighted by atomic mass is 9.97. The van der Waals surface area contributed by atoms with E-state index >= 15 is 0 Å². The first-order valence-corrected chi connectivity index (χ1v) is 9.17. The molecule has 1 aliphatic carbocycles. The van der Waals surface area contributed by atoms with Crippen molar-refractivity contribution >= 4 is 27.3 Å². The predicted molar refractivity (Wildman–Crippen MR) is 86.3 cm³/mol. The lowest BCUT2D eigenvalue weighted by Crippen LogP contribution is -2.30. The van der Waals surface area contributed by atoms with Crippen LogP contribution in [-0.4, -0.2) is 31.3 Å². The summed E-state index contributed by atoms with van der Waals surface area (Å²) in [5.41, 5.74) is 0.795. The summed E-state index contributed by atoms with van der Waals surface area (Å²) in [6, 6.07) is 5.01. The topological polar surface area (TPSA) is 95.5 Å². The molecule has 122 valence electrons. The van der Waals surface area contributed by atoms with Crippen molar-refractivity contribution in [2.75, 3.05) is 16.3 Å². The second kappa shape index (κ2) is 6.26. The third kappa shape index (κ3) is 4.71. The van der Waals surface area contributed by atoms with E-state index in [-0.39, 0.29) is 12.3 Å². The standard InChI is InChI=1S/C15H22N2O4S/c1-11-5-6-12(9-13(11)17-22(2,20)21)16-14(18)10-15(19)7-3-4-8-15/h5-6,9,17,19H,3-4,7-8,10H2,1-2H3,(H,16,18). The van der Waals surface area contributed by atoms with E-state index in [1.807, 2.05) is 0 Å². The van der Waals surface area contributed by atoms with Gasteiger partial charge in [0.2, 0.25) is 15.9 Å². The number of hydrogen-bond acceptors (Lipinski definition) is 4. The van der Waals surface area contributed by atoms with Gasteiger partial charge in [0.15, 0.2) is 0 Å². The van der Waals surface area contributed by atoms with Crippen molar-refractivity contribution in [3.05, 3.63) is 23.8 Å². The molecule has 1 aromatic rings. The molecule has 7 heteroatoms. The molecule has 0 spiro atoms. The molecule has 0 unspecified atom stereocenters. The maximum absolute atomic E-state index is 12.0. The average Bonchev–Trinajstić information content (AvgIpc) is 2.78. The van der Waals surface area contributed by atoms with Crippen molar-refractivity contribution < 1.29 is 18.3 Å². The van der Waals surface area contributed by atoms with E-state index in [4.69, 9.17) is 0 Å². The molecule has 0 saturated heterocycles. The molecule has 3 N–H and O–H groups in total. The van der Waals surface area contributed by atoms with Gasteiger partial charge in [0.25, 0.3) is 0 Å². The van der Waals surface area contributed by atoms with Gasteiger partial charge in [0.05, 0.1) is 24.0 Å². The molecule has 0 atom stereocenters. The largest absolute Gasteiger partial charge is 0.389 e. The van der Waals surface area contributed by atoms with Crippen LogP contribution in [0.3, 0.4) is 0 Å². The minimum atomic E-state index is -3.38. The van der Waals surface area contributed by atoms with Gasteiger partial charge in [0, 0.05) is 5.69 Å². The monoisotopic (exact) mass is 326 g/mol. The van der Waals surface area contributed by atoms with Crippen molar-refractivity contribution in [1.82, 2.24) is 0 Å². The molecular weight excluding hydrogens is 304 g/mol. The molecule has 1 aliphatic rings. The summed E-state index contributed by atoms with van der Waals surface area (Å²) in [5.74, 6) is -0.265. The Hall–Kier alpha value is -1.60. The molecule has 1 fully saturated rings. The van der Waals surface area contributed by atoms with Gasteiger partial charge in [-0.05, 0) is 37.5 Å². The van der Waals surface area contributed by atoms with E-state index in [0.717, 1.165) is 24.7 Å². The first-order valence-electron chi connectivity index (χ1n) is 7.28. The van der Waals surface area contributed by atoms with Crippen molar-refractivity contribution in [3.8, 4) is 0 Å². The first-order chi connectivity index (χ1) is 10.2. The predicted octanol–water partition coefficient (Wildman–Crippen LogP) is 2.00. The van der Waals surface area contributed by atoms with Crippen LogP contribution in [0.25, 0.3) is 0 Å². The highest BCUT2D eigenvalue weighted by Gasteiger charge is 2.33. The van der Waals surface area contributed by atoms with Gasteiger partial charge in [-0.1, -0.05) is 18.9 Å². The van der Waals surface area contributed by atoms with Gasteiger partial charge < -0.3 is 10.4 Å². The second-order valence-electron chi connectivity index (χ2n) is 6.06. The zero-order valence-electron chi connectivity index (χ0n) is 12.8. The fourth-order valence-corrected chi connectivity index (χ4v) is 3.34. The fourth-order valence-electron chi connectivity index (χ4n) is 2.72. The Morgan fingerprint density at radius 3 is 2.55 bits per heavy atom. The Morgan fingerprint density at radius 2 is 1.95 bits per heavy atom. The van der Waals surface area contributed by atoms with Crippen LogP contribution >= 0.6 is 0 Å². The zero-order chi connectivity index (χ0) is 16.4. The molecule has 0 aromatic heterocycles. The maximum atomic E-state index is 12.0. The van der Waals surface area contributed by atoms with Crippen LogP contribution < -0.4 is 10.0 Å². The molecule has 0 bridgehead atoms. The Kier molecular flexibility index (Phi) is 4.77. The van der Waals surface area contributed by atoms with Gasteiger partial charge in [-0.25, -0.2) is 8.42 Å². The molecule has 0 radical (unpaired) electrons. The molecule has 1 saturated carbocycles. The number of carbonyl (C=O) groups excluding carboxylic acids is 1. The lowest BCUT2D eigenvalue weighted by Gasteiger charge is -2.21. The quantitative estimate of drug-likeness (QED) is 0.771. The smallest absolute Gasteiger partial charge is 0.229 e. The van der Waals surface area contributed by atoms with Crippen molar-refractivity contribution in [2.24, 2.45) is 0 Å². The van der Waals surface area contributed by atoms with Crippen LogP contribution in [0.2, 0.25) is 0 Å². The summed E-state index contributed by atoms with van der Waals surface area (Å²) in [6.07, 6.45) is 4.32. The van der Waals surface area contributed by atoms with Crippen LogP contribution in [0.1, 0.15) is 37.7 Å². The van der Waals surface area contributed by atoms with E-state index in [9.17, 15) is 18.3 Å². The average molecular weight is 326 g/mol. The number of benzene rings is 1. The minimum Gasteiger partial charge on any atom is -0.389 e. The zero-order valence-corrected chi connectivity index (χ0v) is 13.7. The molecule has 1 amide bonds. The highest BCUT2D eigenvalue weighted by atomic mass is 32.2. The summed E-state index contributed by atoms with van der Waals surface area (Å²) < 4.78 is 25.1. The fraction of sp³-hybridized carbons (Fsp3) is 0.533. The number of aryl methyl sites for hydroxylation is 1. The van der Waals surface area contributed by atoms with E-state index in [1.165, 1.54) is 0 Å². The number of sulfonamides is 1. The van der Waals surface area contributed by atoms with Crippen molar-refractivity contribution in [2.45, 2.75) is 44.6 Å². The molecule has 22 heavy (non-hydrogen) atoms. The molecular formula is C15H22N2O4S. The van der Waals surface area contributed by atoms with E-state index in [0.29, 0.717) is 24.2 Å². The summed E-state index contributed by atoms with van der Waals surface area (Å²) in [4.78, 5) is 12.0. The highest BCUT2D eigenvalue weighted by molar-refractivity contribution is 7.92. The van der Waals surface area contributed by atoms with Gasteiger partial charge in [-0.3, -0.25) is 9.52 Å². The third-order valence-electron chi connectivity index (χ3n) is 3.84. The molecule has 6 nitrogen and oxygen atoms in total. The summed E-state index contributed by atoms with van der Waals surface area (Å²) in [7, 11) is -3.38. The Balaban J connectivity index is 2.06. The van der Waals surface area contributed by atoms with E-state index in [1.54, 1.807) is 25.1 Å². The Morgan fingerprint density at radius 1 is 1.32 bits per heavy atom. The minimum absolute atomic E-state index is 0.0652. The second-order valence-corrected chi connectivity index (χ2v) is 7.81. The lowest BCUT2D eigenvalue weighted by molar-refractivity contribution is -0.120. The highest BCUT2D eigenvalue weighted by Crippen LogP contribution is 2.32. The molecule has 1 aromatic carbocycles. The number of nitrogens with one attached hydrogen (secondary N) is 2. The first kappa shape index (κ1) is 16.8. The maximum Gasteiger partial charge on any atom is 0.229 e. The van der Waals surface area contributed by atoms with Crippen molar-refractivity contribution in [3.63, 3.8) is 0 Å². The molecule has 0 aliphatic heterocycles. The number of rotatable bonds is 5. The number of amides is 1. The van der Waals surface area contributed by atoms with Crippen LogP contribution in [0.4, 0.5) is 11.4 Å². The summed E-state index contributed by atoms with van der Waals surface area (Å²) in [5, 5.41) is 13.0. The van der Waals surface area contributed by atoms with Gasteiger partial charge in [-0.15, -0.1) is 0 Å².